The molecule has 3 heteroatoms. The SMILES string of the molecule is CC(=O)N1CCC(COc2ccc(C)cc2)CC1. The van der Waals surface area contributed by atoms with Crippen molar-refractivity contribution in [2.45, 2.75) is 26.7 Å². The minimum atomic E-state index is 0.188. The molecule has 1 amide bonds. The van der Waals surface area contributed by atoms with Crippen molar-refractivity contribution in [1.29, 1.82) is 0 Å². The molecule has 0 aliphatic carbocycles. The average Bonchev–Trinajstić information content (AvgIpc) is 2.38. The number of likely N-dealkylation sites (tertiary alicyclic amines) is 1. The zero-order valence-corrected chi connectivity index (χ0v) is 11.2. The summed E-state index contributed by atoms with van der Waals surface area (Å²) in [5, 5.41) is 0. The molecule has 2 rings (SSSR count). The predicted molar refractivity (Wildman–Crippen MR) is 71.7 cm³/mol. The Labute approximate surface area is 109 Å². The molecule has 0 radical (unpaired) electrons. The fourth-order valence-corrected chi connectivity index (χ4v) is 2.26. The Balaban J connectivity index is 1.75. The third kappa shape index (κ3) is 3.49. The van der Waals surface area contributed by atoms with Crippen molar-refractivity contribution in [2.75, 3.05) is 19.7 Å². The maximum atomic E-state index is 11.2. The van der Waals surface area contributed by atoms with E-state index in [4.69, 9.17) is 4.74 Å². The third-order valence-electron chi connectivity index (χ3n) is 3.57. The van der Waals surface area contributed by atoms with E-state index in [0.717, 1.165) is 38.3 Å². The van der Waals surface area contributed by atoms with E-state index in [9.17, 15) is 4.79 Å². The molecule has 0 spiro atoms. The highest BCUT2D eigenvalue weighted by Gasteiger charge is 2.20. The second kappa shape index (κ2) is 5.89. The number of piperidine rings is 1. The van der Waals surface area contributed by atoms with Gasteiger partial charge in [-0.1, -0.05) is 17.7 Å². The lowest BCUT2D eigenvalue weighted by atomic mass is 9.98. The summed E-state index contributed by atoms with van der Waals surface area (Å²) in [6.45, 7) is 6.22. The quantitative estimate of drug-likeness (QED) is 0.821. The van der Waals surface area contributed by atoms with Gasteiger partial charge in [0.25, 0.3) is 0 Å². The molecule has 1 fully saturated rings. The van der Waals surface area contributed by atoms with Crippen LogP contribution >= 0.6 is 0 Å². The molecule has 1 heterocycles. The minimum Gasteiger partial charge on any atom is -0.493 e. The van der Waals surface area contributed by atoms with Crippen molar-refractivity contribution in [3.63, 3.8) is 0 Å². The summed E-state index contributed by atoms with van der Waals surface area (Å²) in [5.41, 5.74) is 1.25. The van der Waals surface area contributed by atoms with Crippen LogP contribution < -0.4 is 4.74 Å². The number of amides is 1. The van der Waals surface area contributed by atoms with Crippen LogP contribution in [0.5, 0.6) is 5.75 Å². The first kappa shape index (κ1) is 12.9. The van der Waals surface area contributed by atoms with Gasteiger partial charge in [-0.15, -0.1) is 0 Å². The summed E-state index contributed by atoms with van der Waals surface area (Å²) >= 11 is 0. The van der Waals surface area contributed by atoms with Crippen LogP contribution in [0.1, 0.15) is 25.3 Å². The molecule has 1 aromatic carbocycles. The number of benzene rings is 1. The number of carbonyl (C=O) groups is 1. The van der Waals surface area contributed by atoms with Crippen LogP contribution in [0.2, 0.25) is 0 Å². The summed E-state index contributed by atoms with van der Waals surface area (Å²) in [4.78, 5) is 13.1. The van der Waals surface area contributed by atoms with Gasteiger partial charge in [0.15, 0.2) is 0 Å². The topological polar surface area (TPSA) is 29.5 Å². The van der Waals surface area contributed by atoms with Crippen LogP contribution in [-0.2, 0) is 4.79 Å². The first-order valence-electron chi connectivity index (χ1n) is 6.60. The van der Waals surface area contributed by atoms with Crippen LogP contribution in [0.3, 0.4) is 0 Å². The van der Waals surface area contributed by atoms with Crippen LogP contribution in [0, 0.1) is 12.8 Å². The zero-order valence-electron chi connectivity index (χ0n) is 11.2. The van der Waals surface area contributed by atoms with Crippen molar-refractivity contribution in [1.82, 2.24) is 4.90 Å². The first-order valence-corrected chi connectivity index (χ1v) is 6.60. The van der Waals surface area contributed by atoms with E-state index < -0.39 is 0 Å². The molecular formula is C15H21NO2. The summed E-state index contributed by atoms with van der Waals surface area (Å²) in [6, 6.07) is 8.15. The number of hydrogen-bond donors (Lipinski definition) is 0. The molecule has 0 atom stereocenters. The molecule has 0 saturated carbocycles. The van der Waals surface area contributed by atoms with E-state index in [2.05, 4.69) is 19.1 Å². The number of nitrogens with zero attached hydrogens (tertiary/aromatic N) is 1. The largest absolute Gasteiger partial charge is 0.493 e. The van der Waals surface area contributed by atoms with Crippen molar-refractivity contribution in [2.24, 2.45) is 5.92 Å². The van der Waals surface area contributed by atoms with Crippen molar-refractivity contribution >= 4 is 5.91 Å². The van der Waals surface area contributed by atoms with Crippen LogP contribution in [0.15, 0.2) is 24.3 Å². The molecule has 18 heavy (non-hydrogen) atoms. The van der Waals surface area contributed by atoms with E-state index in [-0.39, 0.29) is 5.91 Å². The molecule has 0 unspecified atom stereocenters. The normalized spacial score (nSPS) is 16.7. The van der Waals surface area contributed by atoms with Gasteiger partial charge in [-0.05, 0) is 37.8 Å². The lowest BCUT2D eigenvalue weighted by Crippen LogP contribution is -2.38. The zero-order chi connectivity index (χ0) is 13.0. The van der Waals surface area contributed by atoms with Gasteiger partial charge in [0.1, 0.15) is 5.75 Å². The van der Waals surface area contributed by atoms with Crippen LogP contribution in [0.25, 0.3) is 0 Å². The molecule has 1 aliphatic heterocycles. The highest BCUT2D eigenvalue weighted by atomic mass is 16.5. The van der Waals surface area contributed by atoms with Gasteiger partial charge in [-0.2, -0.15) is 0 Å². The molecule has 0 aromatic heterocycles. The van der Waals surface area contributed by atoms with Crippen molar-refractivity contribution in [3.8, 4) is 5.75 Å². The van der Waals surface area contributed by atoms with Crippen LogP contribution in [0.4, 0.5) is 0 Å². The number of hydrogen-bond acceptors (Lipinski definition) is 2. The second-order valence-electron chi connectivity index (χ2n) is 5.07. The maximum absolute atomic E-state index is 11.2. The average molecular weight is 247 g/mol. The number of aryl methyl sites for hydroxylation is 1. The smallest absolute Gasteiger partial charge is 0.219 e. The summed E-state index contributed by atoms with van der Waals surface area (Å²) < 4.78 is 5.79. The Hall–Kier alpha value is -1.51. The van der Waals surface area contributed by atoms with Crippen LogP contribution in [-0.4, -0.2) is 30.5 Å². The predicted octanol–water partition coefficient (Wildman–Crippen LogP) is 2.63. The Kier molecular flexibility index (Phi) is 4.24. The summed E-state index contributed by atoms with van der Waals surface area (Å²) in [5.74, 6) is 1.70. The van der Waals surface area contributed by atoms with Gasteiger partial charge >= 0.3 is 0 Å². The highest BCUT2D eigenvalue weighted by Crippen LogP contribution is 2.19. The third-order valence-corrected chi connectivity index (χ3v) is 3.57. The molecule has 98 valence electrons. The Bertz CT molecular complexity index is 391. The van der Waals surface area contributed by atoms with E-state index >= 15 is 0 Å². The van der Waals surface area contributed by atoms with E-state index in [1.54, 1.807) is 6.92 Å². The maximum Gasteiger partial charge on any atom is 0.219 e. The van der Waals surface area contributed by atoms with Gasteiger partial charge in [-0.25, -0.2) is 0 Å². The molecule has 1 aromatic rings. The number of carbonyl (C=O) groups excluding carboxylic acids is 1. The lowest BCUT2D eigenvalue weighted by molar-refractivity contribution is -0.130. The Morgan fingerprint density at radius 1 is 1.28 bits per heavy atom. The molecule has 1 saturated heterocycles. The second-order valence-corrected chi connectivity index (χ2v) is 5.07. The van der Waals surface area contributed by atoms with Crippen molar-refractivity contribution < 1.29 is 9.53 Å². The van der Waals surface area contributed by atoms with E-state index in [1.807, 2.05) is 17.0 Å². The molecular weight excluding hydrogens is 226 g/mol. The molecule has 0 bridgehead atoms. The van der Waals surface area contributed by atoms with E-state index in [1.165, 1.54) is 5.56 Å². The highest BCUT2D eigenvalue weighted by molar-refractivity contribution is 5.73. The summed E-state index contributed by atoms with van der Waals surface area (Å²) in [6.07, 6.45) is 2.09. The monoisotopic (exact) mass is 247 g/mol. The van der Waals surface area contributed by atoms with Gasteiger partial charge in [0, 0.05) is 20.0 Å². The number of rotatable bonds is 3. The minimum absolute atomic E-state index is 0.188. The van der Waals surface area contributed by atoms with E-state index in [0.29, 0.717) is 5.92 Å². The van der Waals surface area contributed by atoms with Crippen molar-refractivity contribution in [3.05, 3.63) is 29.8 Å². The fourth-order valence-electron chi connectivity index (χ4n) is 2.26. The Morgan fingerprint density at radius 2 is 1.89 bits per heavy atom. The number of ether oxygens (including phenoxy) is 1. The lowest BCUT2D eigenvalue weighted by Gasteiger charge is -2.31. The summed E-state index contributed by atoms with van der Waals surface area (Å²) in [7, 11) is 0. The molecule has 3 nitrogen and oxygen atoms in total. The standard InChI is InChI=1S/C15H21NO2/c1-12-3-5-15(6-4-12)18-11-14-7-9-16(10-8-14)13(2)17/h3-6,14H,7-11H2,1-2H3. The van der Waals surface area contributed by atoms with Gasteiger partial charge in [0.05, 0.1) is 6.61 Å². The van der Waals surface area contributed by atoms with Gasteiger partial charge in [0.2, 0.25) is 5.91 Å². The molecule has 1 aliphatic rings. The van der Waals surface area contributed by atoms with Gasteiger partial charge < -0.3 is 9.64 Å². The first-order chi connectivity index (χ1) is 8.65. The Morgan fingerprint density at radius 3 is 2.44 bits per heavy atom. The molecule has 0 N–H and O–H groups in total. The van der Waals surface area contributed by atoms with Gasteiger partial charge in [-0.3, -0.25) is 4.79 Å². The fraction of sp³-hybridized carbons (Fsp3) is 0.533.